The van der Waals surface area contributed by atoms with Gasteiger partial charge in [0.1, 0.15) is 6.61 Å². The van der Waals surface area contributed by atoms with E-state index in [4.69, 9.17) is 9.47 Å². The Labute approximate surface area is 191 Å². The van der Waals surface area contributed by atoms with Crippen molar-refractivity contribution in [3.05, 3.63) is 70.7 Å². The molecule has 3 rings (SSSR count). The number of aromatic nitrogens is 1. The van der Waals surface area contributed by atoms with E-state index in [-0.39, 0.29) is 24.2 Å². The van der Waals surface area contributed by atoms with Crippen LogP contribution in [0.1, 0.15) is 30.7 Å². The van der Waals surface area contributed by atoms with E-state index in [9.17, 15) is 9.59 Å². The number of nitrogens with zero attached hydrogens (tertiary/aromatic N) is 1. The summed E-state index contributed by atoms with van der Waals surface area (Å²) in [6.45, 7) is 4.43. The number of carbonyl (C=O) groups is 2. The molecule has 2 N–H and O–H groups in total. The second-order valence-electron chi connectivity index (χ2n) is 7.50. The number of carbonyl (C=O) groups excluding carboxylic acids is 2. The molecular formula is C24H27N3O4S. The Morgan fingerprint density at radius 3 is 2.56 bits per heavy atom. The maximum absolute atomic E-state index is 12.3. The summed E-state index contributed by atoms with van der Waals surface area (Å²) in [6.07, 6.45) is 0.142. The molecule has 0 atom stereocenters. The van der Waals surface area contributed by atoms with Gasteiger partial charge in [0, 0.05) is 17.8 Å². The van der Waals surface area contributed by atoms with Crippen LogP contribution >= 0.6 is 11.3 Å². The van der Waals surface area contributed by atoms with E-state index in [1.165, 1.54) is 11.3 Å². The fourth-order valence-electron chi connectivity index (χ4n) is 2.80. The SMILES string of the molecule is COc1cc(CNC(=O)Cc2csc(NC(=O)C(C)C)n2)ccc1OCc1ccccc1. The largest absolute Gasteiger partial charge is 0.493 e. The van der Waals surface area contributed by atoms with E-state index in [2.05, 4.69) is 15.6 Å². The minimum Gasteiger partial charge on any atom is -0.493 e. The molecule has 8 heteroatoms. The molecule has 0 unspecified atom stereocenters. The van der Waals surface area contributed by atoms with Crippen LogP contribution in [0, 0.1) is 5.92 Å². The lowest BCUT2D eigenvalue weighted by Crippen LogP contribution is -2.24. The second-order valence-corrected chi connectivity index (χ2v) is 8.36. The van der Waals surface area contributed by atoms with Crippen molar-refractivity contribution in [1.29, 1.82) is 0 Å². The topological polar surface area (TPSA) is 89.6 Å². The lowest BCUT2D eigenvalue weighted by molar-refractivity contribution is -0.120. The third kappa shape index (κ3) is 6.81. The third-order valence-corrected chi connectivity index (χ3v) is 5.41. The Bertz CT molecular complexity index is 1050. The summed E-state index contributed by atoms with van der Waals surface area (Å²) in [6, 6.07) is 15.5. The van der Waals surface area contributed by atoms with E-state index in [1.54, 1.807) is 12.5 Å². The predicted molar refractivity (Wildman–Crippen MR) is 125 cm³/mol. The summed E-state index contributed by atoms with van der Waals surface area (Å²) >= 11 is 1.31. The van der Waals surface area contributed by atoms with Crippen molar-refractivity contribution in [2.24, 2.45) is 5.92 Å². The van der Waals surface area contributed by atoms with E-state index >= 15 is 0 Å². The fraction of sp³-hybridized carbons (Fsp3) is 0.292. The molecule has 7 nitrogen and oxygen atoms in total. The van der Waals surface area contributed by atoms with Gasteiger partial charge in [-0.25, -0.2) is 4.98 Å². The van der Waals surface area contributed by atoms with Crippen molar-refractivity contribution in [3.63, 3.8) is 0 Å². The molecule has 0 bridgehead atoms. The molecule has 2 aromatic carbocycles. The van der Waals surface area contributed by atoms with Crippen molar-refractivity contribution in [2.75, 3.05) is 12.4 Å². The highest BCUT2D eigenvalue weighted by atomic mass is 32.1. The van der Waals surface area contributed by atoms with Crippen molar-refractivity contribution in [1.82, 2.24) is 10.3 Å². The second kappa shape index (κ2) is 11.3. The number of nitrogens with one attached hydrogen (secondary N) is 2. The molecule has 0 saturated heterocycles. The molecule has 2 amide bonds. The Kier molecular flexibility index (Phi) is 8.21. The van der Waals surface area contributed by atoms with Gasteiger partial charge >= 0.3 is 0 Å². The fourth-order valence-corrected chi connectivity index (χ4v) is 3.51. The van der Waals surface area contributed by atoms with Crippen LogP contribution < -0.4 is 20.1 Å². The lowest BCUT2D eigenvalue weighted by atomic mass is 10.2. The van der Waals surface area contributed by atoms with Gasteiger partial charge in [0.15, 0.2) is 16.6 Å². The van der Waals surface area contributed by atoms with Crippen molar-refractivity contribution >= 4 is 28.3 Å². The first-order chi connectivity index (χ1) is 15.4. The molecule has 0 aliphatic rings. The number of hydrogen-bond donors (Lipinski definition) is 2. The van der Waals surface area contributed by atoms with Gasteiger partial charge in [0.05, 0.1) is 19.2 Å². The number of rotatable bonds is 10. The van der Waals surface area contributed by atoms with Crippen molar-refractivity contribution in [2.45, 2.75) is 33.4 Å². The molecular weight excluding hydrogens is 426 g/mol. The van der Waals surface area contributed by atoms with Gasteiger partial charge in [-0.05, 0) is 23.3 Å². The number of amides is 2. The van der Waals surface area contributed by atoms with Crippen LogP contribution in [0.25, 0.3) is 0 Å². The Hall–Kier alpha value is -3.39. The summed E-state index contributed by atoms with van der Waals surface area (Å²) in [5, 5.41) is 7.91. The number of anilines is 1. The van der Waals surface area contributed by atoms with Gasteiger partial charge in [-0.1, -0.05) is 50.2 Å². The van der Waals surface area contributed by atoms with Crippen LogP contribution in [-0.2, 0) is 29.2 Å². The molecule has 32 heavy (non-hydrogen) atoms. The highest BCUT2D eigenvalue weighted by Gasteiger charge is 2.12. The van der Waals surface area contributed by atoms with Crippen LogP contribution in [0.2, 0.25) is 0 Å². The standard InChI is InChI=1S/C24H27N3O4S/c1-16(2)23(29)27-24-26-19(15-32-24)12-22(28)25-13-18-9-10-20(21(11-18)30-3)31-14-17-7-5-4-6-8-17/h4-11,15-16H,12-14H2,1-3H3,(H,25,28)(H,26,27,29). The smallest absolute Gasteiger partial charge is 0.228 e. The normalized spacial score (nSPS) is 10.6. The first kappa shape index (κ1) is 23.3. The predicted octanol–water partition coefficient (Wildman–Crippen LogP) is 4.18. The third-order valence-electron chi connectivity index (χ3n) is 4.60. The summed E-state index contributed by atoms with van der Waals surface area (Å²) in [5.41, 5.74) is 2.58. The zero-order valence-corrected chi connectivity index (χ0v) is 19.2. The van der Waals surface area contributed by atoms with Crippen molar-refractivity contribution < 1.29 is 19.1 Å². The Morgan fingerprint density at radius 2 is 1.84 bits per heavy atom. The van der Waals surface area contributed by atoms with Crippen LogP contribution in [0.3, 0.4) is 0 Å². The maximum Gasteiger partial charge on any atom is 0.228 e. The summed E-state index contributed by atoms with van der Waals surface area (Å²) < 4.78 is 11.3. The van der Waals surface area contributed by atoms with Gasteiger partial charge in [-0.15, -0.1) is 11.3 Å². The highest BCUT2D eigenvalue weighted by molar-refractivity contribution is 7.13. The van der Waals surface area contributed by atoms with Crippen LogP contribution in [-0.4, -0.2) is 23.9 Å². The first-order valence-corrected chi connectivity index (χ1v) is 11.2. The van der Waals surface area contributed by atoms with E-state index in [1.807, 2.05) is 62.4 Å². The quantitative estimate of drug-likeness (QED) is 0.481. The van der Waals surface area contributed by atoms with Gasteiger partial charge < -0.3 is 20.1 Å². The monoisotopic (exact) mass is 453 g/mol. The van der Waals surface area contributed by atoms with E-state index < -0.39 is 0 Å². The van der Waals surface area contributed by atoms with E-state index in [0.29, 0.717) is 35.5 Å². The van der Waals surface area contributed by atoms with Crippen LogP contribution in [0.4, 0.5) is 5.13 Å². The van der Waals surface area contributed by atoms with Gasteiger partial charge in [-0.2, -0.15) is 0 Å². The average molecular weight is 454 g/mol. The Balaban J connectivity index is 1.51. The molecule has 0 aliphatic heterocycles. The zero-order valence-electron chi connectivity index (χ0n) is 18.4. The zero-order chi connectivity index (χ0) is 22.9. The molecule has 1 aromatic heterocycles. The molecule has 168 valence electrons. The molecule has 0 aliphatic carbocycles. The van der Waals surface area contributed by atoms with Gasteiger partial charge in [0.2, 0.25) is 11.8 Å². The highest BCUT2D eigenvalue weighted by Crippen LogP contribution is 2.29. The number of methoxy groups -OCH3 is 1. The molecule has 0 spiro atoms. The number of hydrogen-bond acceptors (Lipinski definition) is 6. The van der Waals surface area contributed by atoms with Gasteiger partial charge in [0.25, 0.3) is 0 Å². The molecule has 0 radical (unpaired) electrons. The first-order valence-electron chi connectivity index (χ1n) is 10.3. The molecule has 1 heterocycles. The minimum absolute atomic E-state index is 0.0968. The average Bonchev–Trinajstić information content (AvgIpc) is 3.23. The molecule has 0 fully saturated rings. The number of ether oxygens (including phenoxy) is 2. The lowest BCUT2D eigenvalue weighted by Gasteiger charge is -2.13. The summed E-state index contributed by atoms with van der Waals surface area (Å²) in [7, 11) is 1.59. The summed E-state index contributed by atoms with van der Waals surface area (Å²) in [5.74, 6) is 0.876. The maximum atomic E-state index is 12.3. The van der Waals surface area contributed by atoms with Crippen LogP contribution in [0.15, 0.2) is 53.9 Å². The Morgan fingerprint density at radius 1 is 1.06 bits per heavy atom. The molecule has 0 saturated carbocycles. The molecule has 3 aromatic rings. The number of benzene rings is 2. The number of thiazole rings is 1. The summed E-state index contributed by atoms with van der Waals surface area (Å²) in [4.78, 5) is 28.4. The van der Waals surface area contributed by atoms with Gasteiger partial charge in [-0.3, -0.25) is 9.59 Å². The van der Waals surface area contributed by atoms with Crippen molar-refractivity contribution in [3.8, 4) is 11.5 Å². The van der Waals surface area contributed by atoms with E-state index in [0.717, 1.165) is 11.1 Å². The van der Waals surface area contributed by atoms with Crippen LogP contribution in [0.5, 0.6) is 11.5 Å². The minimum atomic E-state index is -0.152.